The van der Waals surface area contributed by atoms with Gasteiger partial charge in [0, 0.05) is 6.54 Å². The molecule has 0 unspecified atom stereocenters. The van der Waals surface area contributed by atoms with Crippen LogP contribution in [0.3, 0.4) is 0 Å². The predicted octanol–water partition coefficient (Wildman–Crippen LogP) is 3.34. The van der Waals surface area contributed by atoms with Gasteiger partial charge in [-0.25, -0.2) is 4.98 Å². The fraction of sp³-hybridized carbons (Fsp3) is 0.667. The average molecular weight is 285 g/mol. The van der Waals surface area contributed by atoms with Gasteiger partial charge >= 0.3 is 5.69 Å². The van der Waals surface area contributed by atoms with Gasteiger partial charge in [0.1, 0.15) is 5.69 Å². The SMILES string of the molecule is CCCC1(CNc2nc(Cl)nc(C)c2[N+](=O)[O-])CC1. The molecule has 0 aliphatic heterocycles. The minimum absolute atomic E-state index is 0.0333. The van der Waals surface area contributed by atoms with Crippen molar-refractivity contribution >= 4 is 23.1 Å². The minimum Gasteiger partial charge on any atom is -0.364 e. The molecule has 1 aromatic rings. The van der Waals surface area contributed by atoms with E-state index in [4.69, 9.17) is 11.6 Å². The van der Waals surface area contributed by atoms with Gasteiger partial charge in [0.25, 0.3) is 0 Å². The van der Waals surface area contributed by atoms with Crippen LogP contribution in [0.5, 0.6) is 0 Å². The van der Waals surface area contributed by atoms with Gasteiger partial charge in [-0.15, -0.1) is 0 Å². The van der Waals surface area contributed by atoms with Gasteiger partial charge in [-0.3, -0.25) is 10.1 Å². The predicted molar refractivity (Wildman–Crippen MR) is 73.5 cm³/mol. The van der Waals surface area contributed by atoms with Gasteiger partial charge < -0.3 is 5.32 Å². The number of hydrogen-bond donors (Lipinski definition) is 1. The molecule has 0 amide bonds. The maximum atomic E-state index is 11.1. The minimum atomic E-state index is -0.465. The first-order chi connectivity index (χ1) is 8.97. The molecule has 1 saturated carbocycles. The molecule has 2 rings (SSSR count). The Labute approximate surface area is 116 Å². The highest BCUT2D eigenvalue weighted by Crippen LogP contribution is 2.49. The van der Waals surface area contributed by atoms with E-state index < -0.39 is 4.92 Å². The molecule has 0 bridgehead atoms. The summed E-state index contributed by atoms with van der Waals surface area (Å²) in [5, 5.41) is 14.2. The quantitative estimate of drug-likeness (QED) is 0.492. The maximum Gasteiger partial charge on any atom is 0.332 e. The zero-order valence-electron chi connectivity index (χ0n) is 11.1. The molecule has 1 fully saturated rings. The highest BCUT2D eigenvalue weighted by molar-refractivity contribution is 6.28. The van der Waals surface area contributed by atoms with Crippen LogP contribution < -0.4 is 5.32 Å². The summed E-state index contributed by atoms with van der Waals surface area (Å²) in [6, 6.07) is 0. The molecule has 0 atom stereocenters. The highest BCUT2D eigenvalue weighted by atomic mass is 35.5. The molecule has 6 nitrogen and oxygen atoms in total. The molecule has 0 spiro atoms. The van der Waals surface area contributed by atoms with E-state index in [9.17, 15) is 10.1 Å². The molecular weight excluding hydrogens is 268 g/mol. The summed E-state index contributed by atoms with van der Waals surface area (Å²) in [6.07, 6.45) is 4.58. The topological polar surface area (TPSA) is 81.0 Å². The number of nitro groups is 1. The van der Waals surface area contributed by atoms with Crippen molar-refractivity contribution in [2.24, 2.45) is 5.41 Å². The summed E-state index contributed by atoms with van der Waals surface area (Å²) >= 11 is 5.77. The Balaban J connectivity index is 2.17. The number of aromatic nitrogens is 2. The largest absolute Gasteiger partial charge is 0.364 e. The van der Waals surface area contributed by atoms with Crippen LogP contribution >= 0.6 is 11.6 Å². The Morgan fingerprint density at radius 3 is 2.68 bits per heavy atom. The lowest BCUT2D eigenvalue weighted by atomic mass is 10.0. The monoisotopic (exact) mass is 284 g/mol. The fourth-order valence-corrected chi connectivity index (χ4v) is 2.58. The Morgan fingerprint density at radius 2 is 2.16 bits per heavy atom. The average Bonchev–Trinajstić information content (AvgIpc) is 3.06. The first kappa shape index (κ1) is 14.0. The Morgan fingerprint density at radius 1 is 1.47 bits per heavy atom. The van der Waals surface area contributed by atoms with Gasteiger partial charge in [0.15, 0.2) is 0 Å². The smallest absolute Gasteiger partial charge is 0.332 e. The van der Waals surface area contributed by atoms with Crippen LogP contribution in [0.15, 0.2) is 0 Å². The number of anilines is 1. The Hall–Kier alpha value is -1.43. The van der Waals surface area contributed by atoms with Crippen molar-refractivity contribution in [2.45, 2.75) is 39.5 Å². The molecule has 19 heavy (non-hydrogen) atoms. The second-order valence-corrected chi connectivity index (χ2v) is 5.47. The highest BCUT2D eigenvalue weighted by Gasteiger charge is 2.41. The summed E-state index contributed by atoms with van der Waals surface area (Å²) in [6.45, 7) is 4.42. The molecule has 0 radical (unpaired) electrons. The summed E-state index contributed by atoms with van der Waals surface area (Å²) in [5.74, 6) is 0.227. The molecule has 7 heteroatoms. The van der Waals surface area contributed by atoms with E-state index >= 15 is 0 Å². The third kappa shape index (κ3) is 3.12. The van der Waals surface area contributed by atoms with E-state index in [0.717, 1.165) is 12.8 Å². The number of rotatable bonds is 6. The molecule has 0 saturated heterocycles. The lowest BCUT2D eigenvalue weighted by Gasteiger charge is -2.15. The standard InChI is InChI=1S/C12H17ClN4O2/c1-3-4-12(5-6-12)7-14-10-9(17(18)19)8(2)15-11(13)16-10/h3-7H2,1-2H3,(H,14,15,16). The lowest BCUT2D eigenvalue weighted by molar-refractivity contribution is -0.385. The van der Waals surface area contributed by atoms with Crippen molar-refractivity contribution in [1.82, 2.24) is 9.97 Å². The summed E-state index contributed by atoms with van der Waals surface area (Å²) in [5.41, 5.74) is 0.484. The van der Waals surface area contributed by atoms with Crippen molar-refractivity contribution < 1.29 is 4.92 Å². The number of aryl methyl sites for hydroxylation is 1. The number of nitrogens with one attached hydrogen (secondary N) is 1. The molecular formula is C12H17ClN4O2. The molecule has 0 aromatic carbocycles. The summed E-state index contributed by atoms with van der Waals surface area (Å²) < 4.78 is 0. The third-order valence-electron chi connectivity index (χ3n) is 3.58. The normalized spacial score (nSPS) is 16.2. The van der Waals surface area contributed by atoms with E-state index in [1.807, 2.05) is 0 Å². The lowest BCUT2D eigenvalue weighted by Crippen LogP contribution is -2.17. The maximum absolute atomic E-state index is 11.1. The van der Waals surface area contributed by atoms with E-state index in [0.29, 0.717) is 6.54 Å². The van der Waals surface area contributed by atoms with Crippen molar-refractivity contribution in [3.63, 3.8) is 0 Å². The molecule has 1 aliphatic rings. The van der Waals surface area contributed by atoms with Crippen LogP contribution in [0.1, 0.15) is 38.3 Å². The molecule has 1 aliphatic carbocycles. The molecule has 1 heterocycles. The van der Waals surface area contributed by atoms with Crippen LogP contribution in [0, 0.1) is 22.5 Å². The first-order valence-corrected chi connectivity index (χ1v) is 6.78. The van der Waals surface area contributed by atoms with Gasteiger partial charge in [0.2, 0.25) is 11.1 Å². The second kappa shape index (κ2) is 5.28. The van der Waals surface area contributed by atoms with Crippen LogP contribution in [0.4, 0.5) is 11.5 Å². The van der Waals surface area contributed by atoms with Crippen molar-refractivity contribution in [2.75, 3.05) is 11.9 Å². The van der Waals surface area contributed by atoms with Crippen molar-refractivity contribution in [3.8, 4) is 0 Å². The van der Waals surface area contributed by atoms with E-state index in [2.05, 4.69) is 22.2 Å². The Kier molecular flexibility index (Phi) is 3.89. The van der Waals surface area contributed by atoms with Gasteiger partial charge in [-0.1, -0.05) is 13.3 Å². The first-order valence-electron chi connectivity index (χ1n) is 6.40. The zero-order chi connectivity index (χ0) is 14.0. The fourth-order valence-electron chi connectivity index (χ4n) is 2.37. The van der Waals surface area contributed by atoms with Gasteiger partial charge in [-0.05, 0) is 43.2 Å². The Bertz CT molecular complexity index is 503. The van der Waals surface area contributed by atoms with E-state index in [1.165, 1.54) is 12.8 Å². The number of halogens is 1. The molecule has 1 N–H and O–H groups in total. The molecule has 1 aromatic heterocycles. The van der Waals surface area contributed by atoms with Crippen molar-refractivity contribution in [3.05, 3.63) is 21.1 Å². The van der Waals surface area contributed by atoms with E-state index in [1.54, 1.807) is 6.92 Å². The van der Waals surface area contributed by atoms with Crippen LogP contribution in [-0.2, 0) is 0 Å². The zero-order valence-corrected chi connectivity index (χ0v) is 11.8. The van der Waals surface area contributed by atoms with Crippen LogP contribution in [0.25, 0.3) is 0 Å². The third-order valence-corrected chi connectivity index (χ3v) is 3.75. The van der Waals surface area contributed by atoms with E-state index in [-0.39, 0.29) is 27.9 Å². The van der Waals surface area contributed by atoms with Gasteiger partial charge in [0.05, 0.1) is 4.92 Å². The van der Waals surface area contributed by atoms with Gasteiger partial charge in [-0.2, -0.15) is 4.98 Å². The second-order valence-electron chi connectivity index (χ2n) is 5.14. The summed E-state index contributed by atoms with van der Waals surface area (Å²) in [4.78, 5) is 18.4. The number of hydrogen-bond acceptors (Lipinski definition) is 5. The van der Waals surface area contributed by atoms with Crippen molar-refractivity contribution in [1.29, 1.82) is 0 Å². The van der Waals surface area contributed by atoms with Crippen LogP contribution in [0.2, 0.25) is 5.28 Å². The summed E-state index contributed by atoms with van der Waals surface area (Å²) in [7, 11) is 0. The van der Waals surface area contributed by atoms with Crippen LogP contribution in [-0.4, -0.2) is 21.4 Å². The molecule has 104 valence electrons. The number of nitrogens with zero attached hydrogens (tertiary/aromatic N) is 3.